The van der Waals surface area contributed by atoms with E-state index in [0.717, 1.165) is 0 Å². The fourth-order valence-electron chi connectivity index (χ4n) is 1.05. The Labute approximate surface area is 76.2 Å². The zero-order valence-corrected chi connectivity index (χ0v) is 7.21. The molecule has 1 N–H and O–H groups in total. The van der Waals surface area contributed by atoms with Crippen molar-refractivity contribution in [2.24, 2.45) is 0 Å². The molecule has 3 heteroatoms. The van der Waals surface area contributed by atoms with Gasteiger partial charge in [0.2, 0.25) is 0 Å². The third kappa shape index (κ3) is 2.04. The molecule has 13 heavy (non-hydrogen) atoms. The van der Waals surface area contributed by atoms with Crippen molar-refractivity contribution < 1.29 is 9.50 Å². The summed E-state index contributed by atoms with van der Waals surface area (Å²) in [4.78, 5) is 0. The number of halogens is 1. The van der Waals surface area contributed by atoms with E-state index in [2.05, 4.69) is 0 Å². The van der Waals surface area contributed by atoms with Crippen LogP contribution in [-0.2, 0) is 0 Å². The first-order valence-corrected chi connectivity index (χ1v) is 3.82. The third-order valence-corrected chi connectivity index (χ3v) is 1.80. The summed E-state index contributed by atoms with van der Waals surface area (Å²) in [6.07, 6.45) is 0. The van der Waals surface area contributed by atoms with Crippen LogP contribution in [0.5, 0.6) is 0 Å². The zero-order valence-electron chi connectivity index (χ0n) is 7.21. The molecule has 0 fully saturated rings. The zero-order chi connectivity index (χ0) is 9.84. The van der Waals surface area contributed by atoms with Crippen molar-refractivity contribution in [2.75, 3.05) is 6.61 Å². The van der Waals surface area contributed by atoms with E-state index in [0.29, 0.717) is 17.0 Å². The average Bonchev–Trinajstić information content (AvgIpc) is 2.16. The summed E-state index contributed by atoms with van der Waals surface area (Å²) >= 11 is 0. The molecule has 0 aliphatic carbocycles. The van der Waals surface area contributed by atoms with Gasteiger partial charge in [-0.15, -0.1) is 0 Å². The molecular formula is C10H9FNO. The lowest BCUT2D eigenvalue weighted by atomic mass is 9.97. The Kier molecular flexibility index (Phi) is 2.99. The summed E-state index contributed by atoms with van der Waals surface area (Å²) < 4.78 is 12.8. The summed E-state index contributed by atoms with van der Waals surface area (Å²) in [7, 11) is 0. The normalized spacial score (nSPS) is 10.1. The van der Waals surface area contributed by atoms with Crippen LogP contribution in [0.25, 0.3) is 0 Å². The van der Waals surface area contributed by atoms with E-state index in [9.17, 15) is 4.39 Å². The van der Waals surface area contributed by atoms with Gasteiger partial charge >= 0.3 is 0 Å². The molecule has 0 amide bonds. The van der Waals surface area contributed by atoms with E-state index >= 15 is 0 Å². The smallest absolute Gasteiger partial charge is 0.123 e. The highest BCUT2D eigenvalue weighted by molar-refractivity contribution is 5.45. The van der Waals surface area contributed by atoms with Crippen molar-refractivity contribution in [2.45, 2.75) is 6.92 Å². The Balaban J connectivity index is 3.17. The molecule has 0 heterocycles. The standard InChI is InChI=1S/C10H9FNO/c1-7(6-13)10-4-9(11)3-2-8(10)5-12/h2-4,13H,6H2,1H3. The van der Waals surface area contributed by atoms with Gasteiger partial charge in [0, 0.05) is 5.92 Å². The maximum Gasteiger partial charge on any atom is 0.123 e. The number of nitrogens with zero attached hydrogens (tertiary/aromatic N) is 1. The maximum atomic E-state index is 12.8. The van der Waals surface area contributed by atoms with Crippen molar-refractivity contribution >= 4 is 0 Å². The van der Waals surface area contributed by atoms with Crippen LogP contribution < -0.4 is 0 Å². The molecule has 0 spiro atoms. The molecule has 0 bridgehead atoms. The van der Waals surface area contributed by atoms with Gasteiger partial charge in [-0.25, -0.2) is 4.39 Å². The van der Waals surface area contributed by atoms with E-state index in [1.165, 1.54) is 18.2 Å². The molecule has 67 valence electrons. The Morgan fingerprint density at radius 1 is 1.62 bits per heavy atom. The largest absolute Gasteiger partial charge is 0.395 e. The quantitative estimate of drug-likeness (QED) is 0.748. The summed E-state index contributed by atoms with van der Waals surface area (Å²) in [5.74, 6) is 0.192. The van der Waals surface area contributed by atoms with E-state index in [1.807, 2.05) is 6.07 Å². The summed E-state index contributed by atoms with van der Waals surface area (Å²) in [6.45, 7) is 1.49. The fraction of sp³-hybridized carbons (Fsp3) is 0.200. The number of hydrogen-bond donors (Lipinski definition) is 1. The first-order chi connectivity index (χ1) is 6.19. The predicted octanol–water partition coefficient (Wildman–Crippen LogP) is 1.63. The summed E-state index contributed by atoms with van der Waals surface area (Å²) in [5.41, 5.74) is 0.859. The molecule has 0 atom stereocenters. The van der Waals surface area contributed by atoms with Crippen LogP contribution in [0.4, 0.5) is 4.39 Å². The second-order valence-electron chi connectivity index (χ2n) is 2.74. The molecule has 1 aromatic rings. The number of nitriles is 1. The minimum absolute atomic E-state index is 0.169. The molecule has 0 unspecified atom stereocenters. The average molecular weight is 178 g/mol. The second kappa shape index (κ2) is 4.01. The SMILES string of the molecule is C[C](CO)c1cc(F)ccc1C#N. The van der Waals surface area contributed by atoms with Gasteiger partial charge in [-0.3, -0.25) is 0 Å². The first kappa shape index (κ1) is 9.69. The Bertz CT molecular complexity index is 343. The molecule has 1 radical (unpaired) electrons. The fourth-order valence-corrected chi connectivity index (χ4v) is 1.05. The van der Waals surface area contributed by atoms with Gasteiger partial charge in [-0.2, -0.15) is 5.26 Å². The van der Waals surface area contributed by atoms with Crippen molar-refractivity contribution in [3.05, 3.63) is 41.1 Å². The molecule has 0 aliphatic heterocycles. The Morgan fingerprint density at radius 3 is 2.85 bits per heavy atom. The molecule has 0 saturated carbocycles. The number of hydrogen-bond acceptors (Lipinski definition) is 2. The van der Waals surface area contributed by atoms with Crippen LogP contribution in [0, 0.1) is 23.1 Å². The lowest BCUT2D eigenvalue weighted by Gasteiger charge is -2.08. The minimum atomic E-state index is -0.401. The van der Waals surface area contributed by atoms with E-state index < -0.39 is 5.82 Å². The number of rotatable bonds is 2. The van der Waals surface area contributed by atoms with Gasteiger partial charge in [-0.05, 0) is 23.8 Å². The highest BCUT2D eigenvalue weighted by Gasteiger charge is 2.10. The first-order valence-electron chi connectivity index (χ1n) is 3.82. The van der Waals surface area contributed by atoms with Crippen molar-refractivity contribution in [3.63, 3.8) is 0 Å². The maximum absolute atomic E-state index is 12.8. The van der Waals surface area contributed by atoms with Gasteiger partial charge < -0.3 is 5.11 Å². The van der Waals surface area contributed by atoms with Gasteiger partial charge in [0.15, 0.2) is 0 Å². The minimum Gasteiger partial charge on any atom is -0.395 e. The summed E-state index contributed by atoms with van der Waals surface area (Å²) in [5, 5.41) is 17.5. The predicted molar refractivity (Wildman–Crippen MR) is 46.2 cm³/mol. The molecule has 0 saturated heterocycles. The van der Waals surface area contributed by atoms with Gasteiger partial charge in [0.1, 0.15) is 5.82 Å². The number of aliphatic hydroxyl groups is 1. The molecule has 2 nitrogen and oxygen atoms in total. The number of aliphatic hydroxyl groups excluding tert-OH is 1. The van der Waals surface area contributed by atoms with Gasteiger partial charge in [0.05, 0.1) is 18.2 Å². The lowest BCUT2D eigenvalue weighted by Crippen LogP contribution is -2.03. The Hall–Kier alpha value is -1.40. The van der Waals surface area contributed by atoms with Crippen LogP contribution in [0.1, 0.15) is 18.1 Å². The monoisotopic (exact) mass is 178 g/mol. The Morgan fingerprint density at radius 2 is 2.31 bits per heavy atom. The third-order valence-electron chi connectivity index (χ3n) is 1.80. The summed E-state index contributed by atoms with van der Waals surface area (Å²) in [6, 6.07) is 5.83. The van der Waals surface area contributed by atoms with Crippen molar-refractivity contribution in [3.8, 4) is 6.07 Å². The van der Waals surface area contributed by atoms with E-state index in [-0.39, 0.29) is 6.61 Å². The van der Waals surface area contributed by atoms with Crippen LogP contribution in [0.3, 0.4) is 0 Å². The lowest BCUT2D eigenvalue weighted by molar-refractivity contribution is 0.314. The van der Waals surface area contributed by atoms with Gasteiger partial charge in [-0.1, -0.05) is 6.92 Å². The molecule has 0 aromatic heterocycles. The van der Waals surface area contributed by atoms with E-state index in [1.54, 1.807) is 6.92 Å². The molecule has 1 aromatic carbocycles. The van der Waals surface area contributed by atoms with Gasteiger partial charge in [0.25, 0.3) is 0 Å². The topological polar surface area (TPSA) is 44.0 Å². The molecular weight excluding hydrogens is 169 g/mol. The van der Waals surface area contributed by atoms with Crippen LogP contribution in [0.2, 0.25) is 0 Å². The van der Waals surface area contributed by atoms with Crippen molar-refractivity contribution in [1.82, 2.24) is 0 Å². The highest BCUT2D eigenvalue weighted by atomic mass is 19.1. The molecule has 0 aliphatic rings. The van der Waals surface area contributed by atoms with E-state index in [4.69, 9.17) is 10.4 Å². The van der Waals surface area contributed by atoms with Crippen LogP contribution in [-0.4, -0.2) is 11.7 Å². The van der Waals surface area contributed by atoms with Crippen LogP contribution in [0.15, 0.2) is 18.2 Å². The van der Waals surface area contributed by atoms with Crippen molar-refractivity contribution in [1.29, 1.82) is 5.26 Å². The molecule has 1 rings (SSSR count). The van der Waals surface area contributed by atoms with Crippen LogP contribution >= 0.6 is 0 Å². The second-order valence-corrected chi connectivity index (χ2v) is 2.74. The number of benzene rings is 1. The highest BCUT2D eigenvalue weighted by Crippen LogP contribution is 2.19.